The monoisotopic (exact) mass is 824 g/mol. The summed E-state index contributed by atoms with van der Waals surface area (Å²) in [7, 11) is 2.94. The van der Waals surface area contributed by atoms with Crippen LogP contribution in [0, 0.1) is 26.7 Å². The summed E-state index contributed by atoms with van der Waals surface area (Å²) in [6.45, 7) is 11.9. The molecule has 0 radical (unpaired) electrons. The Balaban J connectivity index is 1.53. The van der Waals surface area contributed by atoms with Gasteiger partial charge in [-0.25, -0.2) is 4.79 Å². The Morgan fingerprint density at radius 1 is 0.797 bits per heavy atom. The van der Waals surface area contributed by atoms with Gasteiger partial charge < -0.3 is 37.9 Å². The highest BCUT2D eigenvalue weighted by Crippen LogP contribution is 2.43. The fourth-order valence-corrected chi connectivity index (χ4v) is 6.83. The first kappa shape index (κ1) is 48.0. The van der Waals surface area contributed by atoms with Gasteiger partial charge in [0.05, 0.1) is 14.2 Å². The molecule has 0 spiro atoms. The maximum atomic E-state index is 13.0. The summed E-state index contributed by atoms with van der Waals surface area (Å²) in [5.74, 6) is -1.05. The fourth-order valence-electron chi connectivity index (χ4n) is 6.83. The van der Waals surface area contributed by atoms with Gasteiger partial charge in [0.1, 0.15) is 49.2 Å². The van der Waals surface area contributed by atoms with Crippen LogP contribution in [0.1, 0.15) is 129 Å². The molecule has 14 heteroatoms. The molecule has 0 saturated carbocycles. The summed E-state index contributed by atoms with van der Waals surface area (Å²) in [6.07, 6.45) is 6.74. The normalized spacial score (nSPS) is 12.6. The lowest BCUT2D eigenvalue weighted by atomic mass is 9.94. The second-order valence-electron chi connectivity index (χ2n) is 15.0. The molecule has 1 aliphatic rings. The van der Waals surface area contributed by atoms with Crippen LogP contribution in [0.15, 0.2) is 23.8 Å². The van der Waals surface area contributed by atoms with Crippen molar-refractivity contribution in [2.45, 2.75) is 132 Å². The molecule has 1 unspecified atom stereocenters. The number of carbonyl (C=O) groups excluding carboxylic acids is 6. The molecule has 14 nitrogen and oxygen atoms in total. The van der Waals surface area contributed by atoms with E-state index in [0.29, 0.717) is 47.6 Å². The van der Waals surface area contributed by atoms with Crippen LogP contribution in [-0.2, 0) is 67.3 Å². The Hall–Kier alpha value is -5.40. The molecule has 2 aromatic rings. The van der Waals surface area contributed by atoms with Crippen molar-refractivity contribution >= 4 is 35.8 Å². The van der Waals surface area contributed by atoms with Crippen molar-refractivity contribution in [2.75, 3.05) is 27.4 Å². The summed E-state index contributed by atoms with van der Waals surface area (Å²) >= 11 is 0. The lowest BCUT2D eigenvalue weighted by Crippen LogP contribution is -2.30. The van der Waals surface area contributed by atoms with E-state index >= 15 is 0 Å². The van der Waals surface area contributed by atoms with E-state index in [4.69, 9.17) is 37.9 Å². The van der Waals surface area contributed by atoms with Gasteiger partial charge in [0, 0.05) is 44.2 Å². The standard InChI is InChI=1S/C45H60O14/c1-27(17-19-38(48)52-8)16-18-36-43(53-9)31(5)37-26-57-45(51)41(37)44(36)56-23-34-21-29(3)42(30(4)22-34)59-39(49)15-13-11-10-12-14-28(2)20-40(50)58-35(24-54-32(6)46)25-55-33(7)47/h16,21-22,28,35H,10-15,17-20,23-26H2,1-9H3/b27-16+. The molecular formula is C45H60O14. The van der Waals surface area contributed by atoms with Crippen molar-refractivity contribution in [1.82, 2.24) is 0 Å². The second-order valence-corrected chi connectivity index (χ2v) is 15.0. The number of allylic oxidation sites excluding steroid dienone is 2. The molecule has 0 bridgehead atoms. The highest BCUT2D eigenvalue weighted by molar-refractivity contribution is 5.98. The summed E-state index contributed by atoms with van der Waals surface area (Å²) in [6, 6.07) is 3.79. The Labute approximate surface area is 347 Å². The Morgan fingerprint density at radius 2 is 1.44 bits per heavy atom. The first-order valence-corrected chi connectivity index (χ1v) is 20.1. The molecule has 1 atom stereocenters. The van der Waals surface area contributed by atoms with Gasteiger partial charge in [-0.1, -0.05) is 44.3 Å². The highest BCUT2D eigenvalue weighted by Gasteiger charge is 2.33. The van der Waals surface area contributed by atoms with Gasteiger partial charge in [-0.15, -0.1) is 0 Å². The van der Waals surface area contributed by atoms with E-state index in [1.807, 2.05) is 52.8 Å². The average Bonchev–Trinajstić information content (AvgIpc) is 3.57. The average molecular weight is 825 g/mol. The number of fused-ring (bicyclic) bond motifs is 1. The van der Waals surface area contributed by atoms with Crippen molar-refractivity contribution in [1.29, 1.82) is 0 Å². The zero-order chi connectivity index (χ0) is 43.6. The topological polar surface area (TPSA) is 176 Å². The van der Waals surface area contributed by atoms with E-state index in [1.54, 1.807) is 7.11 Å². The van der Waals surface area contributed by atoms with Gasteiger partial charge >= 0.3 is 35.8 Å². The number of hydrogen-bond donors (Lipinski definition) is 0. The molecular weight excluding hydrogens is 764 g/mol. The fraction of sp³-hybridized carbons (Fsp3) is 0.556. The lowest BCUT2D eigenvalue weighted by Gasteiger charge is -2.20. The third kappa shape index (κ3) is 15.4. The second kappa shape index (κ2) is 23.9. The number of cyclic esters (lactones) is 1. The molecule has 0 N–H and O–H groups in total. The molecule has 0 amide bonds. The van der Waals surface area contributed by atoms with Gasteiger partial charge in [-0.2, -0.15) is 0 Å². The predicted molar refractivity (Wildman–Crippen MR) is 216 cm³/mol. The van der Waals surface area contributed by atoms with Crippen molar-refractivity contribution in [2.24, 2.45) is 5.92 Å². The minimum absolute atomic E-state index is 0.0470. The predicted octanol–water partition coefficient (Wildman–Crippen LogP) is 7.62. The lowest BCUT2D eigenvalue weighted by molar-refractivity contribution is -0.166. The maximum Gasteiger partial charge on any atom is 0.342 e. The number of ether oxygens (including phenoxy) is 8. The number of carbonyl (C=O) groups is 6. The van der Waals surface area contributed by atoms with E-state index in [1.165, 1.54) is 21.0 Å². The zero-order valence-electron chi connectivity index (χ0n) is 36.0. The Morgan fingerprint density at radius 3 is 2.05 bits per heavy atom. The van der Waals surface area contributed by atoms with Crippen LogP contribution >= 0.6 is 0 Å². The molecule has 1 aliphatic heterocycles. The number of benzene rings is 2. The zero-order valence-corrected chi connectivity index (χ0v) is 36.0. The maximum absolute atomic E-state index is 13.0. The van der Waals surface area contributed by atoms with Crippen LogP contribution in [0.25, 0.3) is 0 Å². The minimum atomic E-state index is -0.870. The van der Waals surface area contributed by atoms with E-state index < -0.39 is 30.0 Å². The van der Waals surface area contributed by atoms with Gasteiger partial charge in [-0.05, 0) is 87.3 Å². The first-order valence-electron chi connectivity index (χ1n) is 20.1. The van der Waals surface area contributed by atoms with E-state index in [-0.39, 0.29) is 63.5 Å². The molecule has 3 rings (SSSR count). The largest absolute Gasteiger partial charge is 0.496 e. The molecule has 0 fully saturated rings. The highest BCUT2D eigenvalue weighted by atomic mass is 16.6. The van der Waals surface area contributed by atoms with Crippen molar-refractivity contribution < 1.29 is 66.7 Å². The Bertz CT molecular complexity index is 1820. The molecule has 0 aliphatic carbocycles. The molecule has 0 saturated heterocycles. The number of esters is 6. The summed E-state index contributed by atoms with van der Waals surface area (Å²) in [4.78, 5) is 72.3. The van der Waals surface area contributed by atoms with Crippen LogP contribution in [0.3, 0.4) is 0 Å². The van der Waals surface area contributed by atoms with Crippen LogP contribution in [0.2, 0.25) is 0 Å². The van der Waals surface area contributed by atoms with Crippen LogP contribution in [-0.4, -0.2) is 69.4 Å². The van der Waals surface area contributed by atoms with E-state index in [2.05, 4.69) is 0 Å². The third-order valence-corrected chi connectivity index (χ3v) is 9.94. The van der Waals surface area contributed by atoms with Crippen LogP contribution in [0.4, 0.5) is 0 Å². The quantitative estimate of drug-likeness (QED) is 0.0332. The Kier molecular flexibility index (Phi) is 19.4. The number of unbranched alkanes of at least 4 members (excludes halogenated alkanes) is 3. The van der Waals surface area contributed by atoms with Crippen molar-refractivity contribution in [3.05, 3.63) is 62.7 Å². The molecule has 0 aromatic heterocycles. The van der Waals surface area contributed by atoms with Crippen molar-refractivity contribution in [3.8, 4) is 17.2 Å². The smallest absolute Gasteiger partial charge is 0.342 e. The van der Waals surface area contributed by atoms with E-state index in [0.717, 1.165) is 59.1 Å². The van der Waals surface area contributed by atoms with Crippen LogP contribution < -0.4 is 14.2 Å². The molecule has 324 valence electrons. The summed E-state index contributed by atoms with van der Waals surface area (Å²) in [5.41, 5.74) is 5.96. The summed E-state index contributed by atoms with van der Waals surface area (Å²) in [5, 5.41) is 0. The first-order chi connectivity index (χ1) is 28.0. The van der Waals surface area contributed by atoms with Gasteiger partial charge in [-0.3, -0.25) is 24.0 Å². The van der Waals surface area contributed by atoms with Gasteiger partial charge in [0.25, 0.3) is 0 Å². The molecule has 2 aromatic carbocycles. The molecule has 1 heterocycles. The third-order valence-electron chi connectivity index (χ3n) is 9.94. The number of rotatable bonds is 24. The van der Waals surface area contributed by atoms with Gasteiger partial charge in [0.2, 0.25) is 0 Å². The minimum Gasteiger partial charge on any atom is -0.496 e. The number of hydrogen-bond acceptors (Lipinski definition) is 14. The number of aryl methyl sites for hydroxylation is 2. The number of methoxy groups -OCH3 is 2. The van der Waals surface area contributed by atoms with Crippen molar-refractivity contribution in [3.63, 3.8) is 0 Å². The van der Waals surface area contributed by atoms with Gasteiger partial charge in [0.15, 0.2) is 6.10 Å². The van der Waals surface area contributed by atoms with Crippen LogP contribution in [0.5, 0.6) is 17.2 Å². The molecule has 59 heavy (non-hydrogen) atoms. The SMILES string of the molecule is COC(=O)CC/C(C)=C/Cc1c(OC)c(C)c2c(c1OCc1cc(C)c(OC(=O)CCCCCCC(C)CC(=O)OC(COC(C)=O)COC(C)=O)c(C)c1)C(=O)OC2. The summed E-state index contributed by atoms with van der Waals surface area (Å²) < 4.78 is 43.5. The van der Waals surface area contributed by atoms with E-state index in [9.17, 15) is 28.8 Å².